The smallest absolute Gasteiger partial charge is 0.229 e. The average molecular weight is 348 g/mol. The molecule has 0 aliphatic heterocycles. The van der Waals surface area contributed by atoms with Crippen LogP contribution < -0.4 is 15.4 Å². The lowest BCUT2D eigenvalue weighted by atomic mass is 10.1. The van der Waals surface area contributed by atoms with Crippen LogP contribution in [0.3, 0.4) is 0 Å². The van der Waals surface area contributed by atoms with Crippen molar-refractivity contribution in [1.82, 2.24) is 9.97 Å². The summed E-state index contributed by atoms with van der Waals surface area (Å²) >= 11 is 0. The molecular formula is C21H24N4O. The zero-order valence-corrected chi connectivity index (χ0v) is 15.8. The lowest BCUT2D eigenvalue weighted by Gasteiger charge is -2.15. The summed E-state index contributed by atoms with van der Waals surface area (Å²) in [6.45, 7) is 8.14. The number of aromatic nitrogens is 2. The summed E-state index contributed by atoms with van der Waals surface area (Å²) in [6.07, 6.45) is 0. The molecule has 0 radical (unpaired) electrons. The van der Waals surface area contributed by atoms with Crippen molar-refractivity contribution in [3.63, 3.8) is 0 Å². The molecule has 0 saturated carbocycles. The molecule has 0 atom stereocenters. The van der Waals surface area contributed by atoms with Crippen LogP contribution in [0, 0.1) is 27.7 Å². The van der Waals surface area contributed by atoms with Gasteiger partial charge in [0.25, 0.3) is 0 Å². The van der Waals surface area contributed by atoms with Crippen LogP contribution >= 0.6 is 0 Å². The van der Waals surface area contributed by atoms with E-state index in [9.17, 15) is 0 Å². The van der Waals surface area contributed by atoms with Crippen molar-refractivity contribution in [2.45, 2.75) is 27.7 Å². The highest BCUT2D eigenvalue weighted by Gasteiger charge is 2.09. The van der Waals surface area contributed by atoms with E-state index in [-0.39, 0.29) is 0 Å². The van der Waals surface area contributed by atoms with Gasteiger partial charge in [-0.3, -0.25) is 0 Å². The Hall–Kier alpha value is -3.08. The van der Waals surface area contributed by atoms with Crippen molar-refractivity contribution in [2.75, 3.05) is 17.7 Å². The van der Waals surface area contributed by atoms with Crippen molar-refractivity contribution in [2.24, 2.45) is 0 Å². The second-order valence-electron chi connectivity index (χ2n) is 6.44. The zero-order chi connectivity index (χ0) is 18.7. The molecule has 1 heterocycles. The monoisotopic (exact) mass is 348 g/mol. The van der Waals surface area contributed by atoms with Gasteiger partial charge in [-0.25, -0.2) is 4.98 Å². The molecule has 0 spiro atoms. The molecule has 2 aromatic carbocycles. The highest BCUT2D eigenvalue weighted by atomic mass is 16.5. The summed E-state index contributed by atoms with van der Waals surface area (Å²) in [4.78, 5) is 9.14. The highest BCUT2D eigenvalue weighted by Crippen LogP contribution is 2.29. The molecule has 3 aromatic rings. The molecule has 0 unspecified atom stereocenters. The summed E-state index contributed by atoms with van der Waals surface area (Å²) in [6, 6.07) is 14.1. The number of aryl methyl sites for hydroxylation is 4. The number of methoxy groups -OCH3 is 1. The van der Waals surface area contributed by atoms with Crippen LogP contribution in [0.1, 0.15) is 22.4 Å². The van der Waals surface area contributed by atoms with E-state index in [1.54, 1.807) is 7.11 Å². The third-order valence-corrected chi connectivity index (χ3v) is 4.19. The predicted octanol–water partition coefficient (Wildman–Crippen LogP) is 5.21. The van der Waals surface area contributed by atoms with Gasteiger partial charge in [-0.05, 0) is 56.5 Å². The second-order valence-corrected chi connectivity index (χ2v) is 6.44. The van der Waals surface area contributed by atoms with Crippen LogP contribution in [-0.4, -0.2) is 17.1 Å². The lowest BCUT2D eigenvalue weighted by molar-refractivity contribution is 0.416. The maximum absolute atomic E-state index is 5.44. The molecule has 0 aliphatic carbocycles. The Morgan fingerprint density at radius 2 is 1.58 bits per heavy atom. The molecule has 1 aromatic heterocycles. The van der Waals surface area contributed by atoms with Gasteiger partial charge in [0.15, 0.2) is 0 Å². The predicted molar refractivity (Wildman–Crippen MR) is 107 cm³/mol. The fourth-order valence-electron chi connectivity index (χ4n) is 2.87. The first kappa shape index (κ1) is 17.7. The zero-order valence-electron chi connectivity index (χ0n) is 15.8. The van der Waals surface area contributed by atoms with Crippen LogP contribution in [0.5, 0.6) is 5.75 Å². The Morgan fingerprint density at radius 1 is 0.846 bits per heavy atom. The molecule has 5 heteroatoms. The van der Waals surface area contributed by atoms with Gasteiger partial charge in [0.2, 0.25) is 5.95 Å². The van der Waals surface area contributed by atoms with Crippen molar-refractivity contribution < 1.29 is 4.74 Å². The van der Waals surface area contributed by atoms with E-state index in [0.717, 1.165) is 45.3 Å². The number of benzene rings is 2. The van der Waals surface area contributed by atoms with Gasteiger partial charge in [-0.2, -0.15) is 4.98 Å². The standard InChI is InChI=1S/C21H24N4O/c1-13-9-10-18(26-5)17(11-13)23-19-12-16(4)22-21(24-19)25-20-14(2)7-6-8-15(20)3/h6-12H,1-5H3,(H2,22,23,24,25). The van der Waals surface area contributed by atoms with E-state index >= 15 is 0 Å². The van der Waals surface area contributed by atoms with E-state index in [1.807, 2.05) is 44.2 Å². The fraction of sp³-hybridized carbons (Fsp3) is 0.238. The molecule has 5 nitrogen and oxygen atoms in total. The number of rotatable bonds is 5. The molecule has 0 saturated heterocycles. The first-order valence-electron chi connectivity index (χ1n) is 8.57. The van der Waals surface area contributed by atoms with Gasteiger partial charge < -0.3 is 15.4 Å². The largest absolute Gasteiger partial charge is 0.495 e. The summed E-state index contributed by atoms with van der Waals surface area (Å²) in [7, 11) is 1.66. The first-order chi connectivity index (χ1) is 12.5. The van der Waals surface area contributed by atoms with Crippen molar-refractivity contribution in [3.05, 3.63) is 64.8 Å². The van der Waals surface area contributed by atoms with E-state index in [2.05, 4.69) is 46.6 Å². The van der Waals surface area contributed by atoms with Gasteiger partial charge in [-0.1, -0.05) is 24.3 Å². The number of hydrogen-bond acceptors (Lipinski definition) is 5. The molecule has 0 fully saturated rings. The van der Waals surface area contributed by atoms with Gasteiger partial charge in [-0.15, -0.1) is 0 Å². The molecule has 26 heavy (non-hydrogen) atoms. The number of para-hydroxylation sites is 1. The molecule has 0 aliphatic rings. The summed E-state index contributed by atoms with van der Waals surface area (Å²) in [5, 5.41) is 6.70. The Bertz CT molecular complexity index is 917. The van der Waals surface area contributed by atoms with Crippen LogP contribution in [0.15, 0.2) is 42.5 Å². The minimum atomic E-state index is 0.566. The van der Waals surface area contributed by atoms with Crippen LogP contribution in [-0.2, 0) is 0 Å². The minimum absolute atomic E-state index is 0.566. The number of ether oxygens (including phenoxy) is 1. The summed E-state index contributed by atoms with van der Waals surface area (Å²) in [5.41, 5.74) is 6.26. The number of anilines is 4. The normalized spacial score (nSPS) is 10.5. The highest BCUT2D eigenvalue weighted by molar-refractivity contribution is 5.67. The van der Waals surface area contributed by atoms with Gasteiger partial charge in [0.1, 0.15) is 11.6 Å². The summed E-state index contributed by atoms with van der Waals surface area (Å²) in [5.74, 6) is 2.06. The maximum Gasteiger partial charge on any atom is 0.229 e. The topological polar surface area (TPSA) is 59.1 Å². The van der Waals surface area contributed by atoms with E-state index in [4.69, 9.17) is 4.74 Å². The quantitative estimate of drug-likeness (QED) is 0.663. The average Bonchev–Trinajstić information content (AvgIpc) is 2.58. The first-order valence-corrected chi connectivity index (χ1v) is 8.57. The van der Waals surface area contributed by atoms with E-state index < -0.39 is 0 Å². The van der Waals surface area contributed by atoms with Gasteiger partial charge in [0.05, 0.1) is 12.8 Å². The molecule has 3 rings (SSSR count). The van der Waals surface area contributed by atoms with E-state index in [1.165, 1.54) is 0 Å². The summed E-state index contributed by atoms with van der Waals surface area (Å²) < 4.78 is 5.44. The minimum Gasteiger partial charge on any atom is -0.495 e. The lowest BCUT2D eigenvalue weighted by Crippen LogP contribution is -2.05. The Morgan fingerprint density at radius 3 is 2.27 bits per heavy atom. The SMILES string of the molecule is COc1ccc(C)cc1Nc1cc(C)nc(Nc2c(C)cccc2C)n1. The van der Waals surface area contributed by atoms with E-state index in [0.29, 0.717) is 5.95 Å². The Labute approximate surface area is 154 Å². The molecule has 2 N–H and O–H groups in total. The Kier molecular flexibility index (Phi) is 5.07. The maximum atomic E-state index is 5.44. The van der Waals surface area contributed by atoms with Crippen LogP contribution in [0.2, 0.25) is 0 Å². The second kappa shape index (κ2) is 7.44. The third kappa shape index (κ3) is 3.94. The third-order valence-electron chi connectivity index (χ3n) is 4.19. The Balaban J connectivity index is 1.92. The molecule has 0 bridgehead atoms. The molecule has 0 amide bonds. The molecular weight excluding hydrogens is 324 g/mol. The number of hydrogen-bond donors (Lipinski definition) is 2. The molecule has 134 valence electrons. The van der Waals surface area contributed by atoms with Gasteiger partial charge >= 0.3 is 0 Å². The number of nitrogens with one attached hydrogen (secondary N) is 2. The van der Waals surface area contributed by atoms with Gasteiger partial charge in [0, 0.05) is 17.4 Å². The van der Waals surface area contributed by atoms with Crippen molar-refractivity contribution in [1.29, 1.82) is 0 Å². The van der Waals surface area contributed by atoms with Crippen molar-refractivity contribution >= 4 is 23.1 Å². The van der Waals surface area contributed by atoms with Crippen LogP contribution in [0.4, 0.5) is 23.1 Å². The fourth-order valence-corrected chi connectivity index (χ4v) is 2.87. The number of nitrogens with zero attached hydrogens (tertiary/aromatic N) is 2. The van der Waals surface area contributed by atoms with Crippen molar-refractivity contribution in [3.8, 4) is 5.75 Å². The van der Waals surface area contributed by atoms with Crippen LogP contribution in [0.25, 0.3) is 0 Å².